The van der Waals surface area contributed by atoms with Crippen LogP contribution < -0.4 is 10.6 Å². The largest absolute Gasteiger partial charge is 0.380 e. The highest BCUT2D eigenvalue weighted by atomic mass is 35.5. The molecule has 0 saturated carbocycles. The second kappa shape index (κ2) is 6.36. The number of halogens is 1. The van der Waals surface area contributed by atoms with E-state index >= 15 is 0 Å². The van der Waals surface area contributed by atoms with Gasteiger partial charge in [-0.15, -0.1) is 11.6 Å². The fourth-order valence-corrected chi connectivity index (χ4v) is 1.68. The van der Waals surface area contributed by atoms with E-state index in [1.54, 1.807) is 0 Å². The highest BCUT2D eigenvalue weighted by molar-refractivity contribution is 6.29. The number of alkyl halides is 1. The summed E-state index contributed by atoms with van der Waals surface area (Å²) in [5.41, 5.74) is 1.37. The zero-order valence-corrected chi connectivity index (χ0v) is 10.9. The van der Waals surface area contributed by atoms with E-state index in [-0.39, 0.29) is 23.6 Å². The first-order valence-corrected chi connectivity index (χ1v) is 6.38. The van der Waals surface area contributed by atoms with E-state index in [0.717, 1.165) is 13.0 Å². The van der Waals surface area contributed by atoms with Crippen LogP contribution in [0.15, 0.2) is 12.3 Å². The summed E-state index contributed by atoms with van der Waals surface area (Å²) in [6.45, 7) is 1.42. The molecule has 0 bridgehead atoms. The molecule has 19 heavy (non-hydrogen) atoms. The van der Waals surface area contributed by atoms with Crippen molar-refractivity contribution in [2.24, 2.45) is 0 Å². The minimum absolute atomic E-state index is 0.143. The standard InChI is InChI=1S/C12H13ClN4O2/c13-4-12(18)17-10-3-8(5-14)15-7-11(10)16-6-9-1-2-19-9/h3,7,9,16H,1-2,4,6H2,(H,15,17,18). The number of carbonyl (C=O) groups is 1. The predicted molar refractivity (Wildman–Crippen MR) is 71.1 cm³/mol. The monoisotopic (exact) mass is 280 g/mol. The van der Waals surface area contributed by atoms with Crippen LogP contribution in [0.1, 0.15) is 12.1 Å². The minimum Gasteiger partial charge on any atom is -0.380 e. The van der Waals surface area contributed by atoms with Crippen molar-refractivity contribution in [3.8, 4) is 6.07 Å². The highest BCUT2D eigenvalue weighted by Crippen LogP contribution is 2.22. The molecule has 1 aliphatic rings. The number of nitrogens with one attached hydrogen (secondary N) is 2. The van der Waals surface area contributed by atoms with Crippen LogP contribution in [0.4, 0.5) is 11.4 Å². The van der Waals surface area contributed by atoms with Gasteiger partial charge in [-0.2, -0.15) is 5.26 Å². The van der Waals surface area contributed by atoms with E-state index in [0.29, 0.717) is 17.9 Å². The van der Waals surface area contributed by atoms with Crippen LogP contribution in [0.25, 0.3) is 0 Å². The number of amides is 1. The van der Waals surface area contributed by atoms with Crippen molar-refractivity contribution in [1.29, 1.82) is 5.26 Å². The normalized spacial score (nSPS) is 17.2. The van der Waals surface area contributed by atoms with Gasteiger partial charge < -0.3 is 15.4 Å². The van der Waals surface area contributed by atoms with E-state index in [4.69, 9.17) is 21.6 Å². The van der Waals surface area contributed by atoms with Gasteiger partial charge in [0.15, 0.2) is 0 Å². The van der Waals surface area contributed by atoms with Gasteiger partial charge in [0, 0.05) is 19.2 Å². The number of hydrogen-bond acceptors (Lipinski definition) is 5. The van der Waals surface area contributed by atoms with Gasteiger partial charge in [0.2, 0.25) is 5.91 Å². The van der Waals surface area contributed by atoms with Gasteiger partial charge >= 0.3 is 0 Å². The molecule has 1 aliphatic heterocycles. The molecule has 1 unspecified atom stereocenters. The Morgan fingerprint density at radius 2 is 2.42 bits per heavy atom. The molecule has 1 saturated heterocycles. The Morgan fingerprint density at radius 3 is 3.00 bits per heavy atom. The molecule has 7 heteroatoms. The first-order valence-electron chi connectivity index (χ1n) is 5.84. The van der Waals surface area contributed by atoms with Crippen molar-refractivity contribution in [3.05, 3.63) is 18.0 Å². The summed E-state index contributed by atoms with van der Waals surface area (Å²) in [7, 11) is 0. The molecule has 1 aromatic rings. The van der Waals surface area contributed by atoms with Gasteiger partial charge in [0.25, 0.3) is 0 Å². The van der Waals surface area contributed by atoms with Crippen LogP contribution in [0.5, 0.6) is 0 Å². The maximum atomic E-state index is 11.3. The number of hydrogen-bond donors (Lipinski definition) is 2. The molecular weight excluding hydrogens is 268 g/mol. The van der Waals surface area contributed by atoms with Gasteiger partial charge in [-0.05, 0) is 6.42 Å². The Morgan fingerprint density at radius 1 is 1.63 bits per heavy atom. The second-order valence-electron chi connectivity index (χ2n) is 4.07. The van der Waals surface area contributed by atoms with Gasteiger partial charge in [-0.1, -0.05) is 0 Å². The first-order chi connectivity index (χ1) is 9.22. The fraction of sp³-hybridized carbons (Fsp3) is 0.417. The molecule has 1 atom stereocenters. The summed E-state index contributed by atoms with van der Waals surface area (Å²) in [6, 6.07) is 3.43. The Kier molecular flexibility index (Phi) is 4.55. The van der Waals surface area contributed by atoms with Crippen molar-refractivity contribution in [1.82, 2.24) is 4.98 Å². The SMILES string of the molecule is N#Cc1cc(NC(=O)CCl)c(NCC2CCO2)cn1. The summed E-state index contributed by atoms with van der Waals surface area (Å²) >= 11 is 5.45. The van der Waals surface area contributed by atoms with Crippen LogP contribution in [0.3, 0.4) is 0 Å². The van der Waals surface area contributed by atoms with Crippen molar-refractivity contribution < 1.29 is 9.53 Å². The van der Waals surface area contributed by atoms with Crippen molar-refractivity contribution in [3.63, 3.8) is 0 Å². The summed E-state index contributed by atoms with van der Waals surface area (Å²) in [6.07, 6.45) is 2.72. The second-order valence-corrected chi connectivity index (χ2v) is 4.34. The van der Waals surface area contributed by atoms with Crippen molar-refractivity contribution in [2.45, 2.75) is 12.5 Å². The molecule has 100 valence electrons. The molecule has 1 aromatic heterocycles. The lowest BCUT2D eigenvalue weighted by molar-refractivity contribution is -0.113. The summed E-state index contributed by atoms with van der Waals surface area (Å²) in [5, 5.41) is 14.6. The predicted octanol–water partition coefficient (Wildman–Crippen LogP) is 1.33. The molecule has 0 spiro atoms. The molecule has 1 amide bonds. The number of anilines is 2. The lowest BCUT2D eigenvalue weighted by Crippen LogP contribution is -2.33. The summed E-state index contributed by atoms with van der Waals surface area (Å²) in [5.74, 6) is -0.477. The fourth-order valence-electron chi connectivity index (χ4n) is 1.61. The van der Waals surface area contributed by atoms with E-state index in [2.05, 4.69) is 15.6 Å². The number of nitriles is 1. The number of carbonyl (C=O) groups excluding carboxylic acids is 1. The maximum absolute atomic E-state index is 11.3. The van der Waals surface area contributed by atoms with E-state index < -0.39 is 0 Å². The van der Waals surface area contributed by atoms with Crippen molar-refractivity contribution in [2.75, 3.05) is 29.7 Å². The molecule has 0 aromatic carbocycles. The lowest BCUT2D eigenvalue weighted by Gasteiger charge is -2.27. The zero-order chi connectivity index (χ0) is 13.7. The van der Waals surface area contributed by atoms with Crippen molar-refractivity contribution >= 4 is 28.9 Å². The quantitative estimate of drug-likeness (QED) is 0.795. The minimum atomic E-state index is -0.334. The van der Waals surface area contributed by atoms with Crippen LogP contribution in [-0.4, -0.2) is 36.0 Å². The number of nitrogens with zero attached hydrogens (tertiary/aromatic N) is 2. The van der Waals surface area contributed by atoms with Crippen LogP contribution in [-0.2, 0) is 9.53 Å². The van der Waals surface area contributed by atoms with Crippen LogP contribution >= 0.6 is 11.6 Å². The van der Waals surface area contributed by atoms with E-state index in [1.807, 2.05) is 6.07 Å². The first kappa shape index (κ1) is 13.6. The molecule has 0 radical (unpaired) electrons. The molecule has 2 N–H and O–H groups in total. The molecule has 2 heterocycles. The highest BCUT2D eigenvalue weighted by Gasteiger charge is 2.18. The molecule has 1 fully saturated rings. The zero-order valence-electron chi connectivity index (χ0n) is 10.1. The molecule has 0 aliphatic carbocycles. The Labute approximate surface area is 115 Å². The topological polar surface area (TPSA) is 87.0 Å². The number of rotatable bonds is 5. The molecule has 6 nitrogen and oxygen atoms in total. The van der Waals surface area contributed by atoms with Gasteiger partial charge in [0.05, 0.1) is 23.7 Å². The van der Waals surface area contributed by atoms with Crippen LogP contribution in [0.2, 0.25) is 0 Å². The smallest absolute Gasteiger partial charge is 0.239 e. The average molecular weight is 281 g/mol. The third kappa shape index (κ3) is 3.56. The third-order valence-electron chi connectivity index (χ3n) is 2.73. The van der Waals surface area contributed by atoms with Gasteiger partial charge in [-0.3, -0.25) is 4.79 Å². The number of aromatic nitrogens is 1. The third-order valence-corrected chi connectivity index (χ3v) is 2.97. The lowest BCUT2D eigenvalue weighted by atomic mass is 10.2. The van der Waals surface area contributed by atoms with Gasteiger partial charge in [-0.25, -0.2) is 4.98 Å². The Balaban J connectivity index is 2.10. The summed E-state index contributed by atoms with van der Waals surface area (Å²) < 4.78 is 5.30. The number of ether oxygens (including phenoxy) is 1. The molecule has 2 rings (SSSR count). The maximum Gasteiger partial charge on any atom is 0.239 e. The summed E-state index contributed by atoms with van der Waals surface area (Å²) in [4.78, 5) is 15.3. The number of pyridine rings is 1. The van der Waals surface area contributed by atoms with E-state index in [9.17, 15) is 4.79 Å². The van der Waals surface area contributed by atoms with Crippen LogP contribution in [0, 0.1) is 11.3 Å². The molecular formula is C12H13ClN4O2. The average Bonchev–Trinajstić information content (AvgIpc) is 2.38. The Bertz CT molecular complexity index is 511. The Hall–Kier alpha value is -1.84. The van der Waals surface area contributed by atoms with E-state index in [1.165, 1.54) is 12.3 Å². The van der Waals surface area contributed by atoms with Gasteiger partial charge in [0.1, 0.15) is 17.6 Å².